The van der Waals surface area contributed by atoms with Crippen LogP contribution >= 0.6 is 23.0 Å². The number of esters is 1. The Labute approximate surface area is 122 Å². The van der Waals surface area contributed by atoms with Gasteiger partial charge in [-0.05, 0) is 30.6 Å². The molecule has 4 nitrogen and oxygen atoms in total. The maximum absolute atomic E-state index is 11.4. The van der Waals surface area contributed by atoms with Crippen molar-refractivity contribution in [3.05, 3.63) is 12.2 Å². The Bertz CT molecular complexity index is 318. The molecular weight excluding hydrogens is 347 g/mol. The number of hydrogen-bond donors (Lipinski definition) is 0. The molecule has 1 fully saturated rings. The lowest BCUT2D eigenvalue weighted by Gasteiger charge is -2.26. The second kappa shape index (κ2) is 6.86. The highest BCUT2D eigenvalue weighted by molar-refractivity contribution is 14.1. The van der Waals surface area contributed by atoms with Crippen molar-refractivity contribution in [1.82, 2.24) is 0 Å². The average Bonchev–Trinajstić information content (AvgIpc) is 2.94. The smallest absolute Gasteiger partial charge is 0.305 e. The van der Waals surface area contributed by atoms with Crippen LogP contribution in [0.15, 0.2) is 12.2 Å². The number of allylic oxidation sites excluding steroid dienone is 2. The van der Waals surface area contributed by atoms with Gasteiger partial charge in [0, 0.05) is 12.3 Å². The Hall–Kier alpha value is -0.140. The molecule has 4 unspecified atom stereocenters. The van der Waals surface area contributed by atoms with Gasteiger partial charge in [0.15, 0.2) is 23.0 Å². The molecule has 18 heavy (non-hydrogen) atoms. The third-order valence-corrected chi connectivity index (χ3v) is 4.25. The summed E-state index contributed by atoms with van der Waals surface area (Å²) in [7, 11) is 0. The maximum atomic E-state index is 11.4. The van der Waals surface area contributed by atoms with Gasteiger partial charge in [0.2, 0.25) is 0 Å². The lowest BCUT2D eigenvalue weighted by Crippen LogP contribution is -2.28. The van der Waals surface area contributed by atoms with Gasteiger partial charge in [0.05, 0.1) is 13.2 Å². The lowest BCUT2D eigenvalue weighted by atomic mass is 9.84. The van der Waals surface area contributed by atoms with E-state index in [1.54, 1.807) is 23.0 Å². The molecule has 0 aromatic rings. The second-order valence-corrected chi connectivity index (χ2v) is 5.42. The summed E-state index contributed by atoms with van der Waals surface area (Å²) in [5.74, 6) is 1.79. The number of carbonyl (C=O) groups is 1. The molecular formula is C13H19IO4. The van der Waals surface area contributed by atoms with Crippen LogP contribution in [0.5, 0.6) is 0 Å². The Morgan fingerprint density at radius 3 is 2.56 bits per heavy atom. The highest BCUT2D eigenvalue weighted by atomic mass is 127. The standard InChI is InChI=1S/C13H19IO4/c1-2-3-13(15)16-7-11-9-4-5-10(6-9)12(11)8-17-18-14/h4-5,9-12H,2-3,6-8H2,1H3. The van der Waals surface area contributed by atoms with Gasteiger partial charge in [-0.3, -0.25) is 4.79 Å². The molecule has 0 aromatic heterocycles. The second-order valence-electron chi connectivity index (χ2n) is 5.06. The summed E-state index contributed by atoms with van der Waals surface area (Å²) in [6.07, 6.45) is 7.02. The Balaban J connectivity index is 1.85. The summed E-state index contributed by atoms with van der Waals surface area (Å²) >= 11 is 1.73. The highest BCUT2D eigenvalue weighted by Crippen LogP contribution is 2.48. The molecule has 2 aliphatic carbocycles. The van der Waals surface area contributed by atoms with Gasteiger partial charge < -0.3 is 4.74 Å². The first kappa shape index (κ1) is 14.3. The van der Waals surface area contributed by atoms with Crippen molar-refractivity contribution in [1.29, 1.82) is 0 Å². The van der Waals surface area contributed by atoms with Gasteiger partial charge in [0.1, 0.15) is 0 Å². The number of ether oxygens (including phenoxy) is 1. The summed E-state index contributed by atoms with van der Waals surface area (Å²) < 4.78 is 10.0. The fourth-order valence-corrected chi connectivity index (χ4v) is 3.24. The molecule has 2 aliphatic rings. The molecule has 0 N–H and O–H groups in total. The molecule has 1 saturated carbocycles. The largest absolute Gasteiger partial charge is 0.465 e. The van der Waals surface area contributed by atoms with E-state index in [4.69, 9.17) is 9.62 Å². The molecule has 0 spiro atoms. The Morgan fingerprint density at radius 1 is 1.28 bits per heavy atom. The fourth-order valence-electron chi connectivity index (χ4n) is 3.09. The monoisotopic (exact) mass is 366 g/mol. The van der Waals surface area contributed by atoms with Gasteiger partial charge in [-0.15, -0.1) is 0 Å². The molecule has 0 heterocycles. The molecule has 2 bridgehead atoms. The fraction of sp³-hybridized carbons (Fsp3) is 0.769. The van der Waals surface area contributed by atoms with Crippen molar-refractivity contribution in [3.8, 4) is 0 Å². The van der Waals surface area contributed by atoms with Gasteiger partial charge >= 0.3 is 5.97 Å². The van der Waals surface area contributed by atoms with Crippen molar-refractivity contribution in [3.63, 3.8) is 0 Å². The van der Waals surface area contributed by atoms with E-state index in [1.165, 1.54) is 0 Å². The van der Waals surface area contributed by atoms with E-state index < -0.39 is 0 Å². The first-order valence-corrected chi connectivity index (χ1v) is 7.38. The zero-order valence-corrected chi connectivity index (χ0v) is 12.7. The van der Waals surface area contributed by atoms with Crippen LogP contribution < -0.4 is 0 Å². The lowest BCUT2D eigenvalue weighted by molar-refractivity contribution is -0.185. The van der Waals surface area contributed by atoms with Crippen LogP contribution in [0, 0.1) is 23.7 Å². The van der Waals surface area contributed by atoms with E-state index in [0.29, 0.717) is 43.3 Å². The number of hydrogen-bond acceptors (Lipinski definition) is 4. The SMILES string of the molecule is CCCC(=O)OCC1C2C=CC(C2)C1COOI. The van der Waals surface area contributed by atoms with Crippen molar-refractivity contribution in [2.75, 3.05) is 13.2 Å². The molecule has 0 saturated heterocycles. The molecule has 0 aromatic carbocycles. The van der Waals surface area contributed by atoms with Gasteiger partial charge in [-0.25, -0.2) is 4.89 Å². The van der Waals surface area contributed by atoms with E-state index in [2.05, 4.69) is 15.4 Å². The van der Waals surface area contributed by atoms with Gasteiger partial charge in [-0.2, -0.15) is 3.22 Å². The first-order chi connectivity index (χ1) is 8.76. The van der Waals surface area contributed by atoms with Crippen LogP contribution in [-0.4, -0.2) is 19.2 Å². The average molecular weight is 366 g/mol. The minimum absolute atomic E-state index is 0.0888. The first-order valence-electron chi connectivity index (χ1n) is 6.50. The van der Waals surface area contributed by atoms with Crippen LogP contribution in [-0.2, 0) is 17.6 Å². The molecule has 102 valence electrons. The number of rotatable bonds is 7. The van der Waals surface area contributed by atoms with Crippen LogP contribution in [0.4, 0.5) is 0 Å². The van der Waals surface area contributed by atoms with Crippen molar-refractivity contribution in [2.24, 2.45) is 23.7 Å². The number of fused-ring (bicyclic) bond motifs is 2. The normalized spacial score (nSPS) is 33.0. The summed E-state index contributed by atoms with van der Waals surface area (Å²) in [4.78, 5) is 16.5. The molecule has 0 aliphatic heterocycles. The number of halogens is 1. The summed E-state index contributed by atoms with van der Waals surface area (Å²) in [6.45, 7) is 3.07. The Morgan fingerprint density at radius 2 is 1.94 bits per heavy atom. The van der Waals surface area contributed by atoms with Crippen LogP contribution in [0.25, 0.3) is 0 Å². The highest BCUT2D eigenvalue weighted by Gasteiger charge is 2.45. The molecule has 0 amide bonds. The van der Waals surface area contributed by atoms with Crippen LogP contribution in [0.1, 0.15) is 26.2 Å². The third kappa shape index (κ3) is 3.24. The van der Waals surface area contributed by atoms with Crippen LogP contribution in [0.3, 0.4) is 0 Å². The van der Waals surface area contributed by atoms with Crippen molar-refractivity contribution in [2.45, 2.75) is 26.2 Å². The number of carbonyl (C=O) groups excluding carboxylic acids is 1. The van der Waals surface area contributed by atoms with E-state index in [9.17, 15) is 4.79 Å². The molecule has 0 radical (unpaired) electrons. The summed E-state index contributed by atoms with van der Waals surface area (Å²) in [6, 6.07) is 0. The van der Waals surface area contributed by atoms with E-state index in [-0.39, 0.29) is 5.97 Å². The van der Waals surface area contributed by atoms with E-state index in [1.807, 2.05) is 6.92 Å². The molecule has 5 heteroatoms. The summed E-state index contributed by atoms with van der Waals surface area (Å²) in [5.41, 5.74) is 0. The van der Waals surface area contributed by atoms with Gasteiger partial charge in [0.25, 0.3) is 0 Å². The zero-order chi connectivity index (χ0) is 13.0. The van der Waals surface area contributed by atoms with E-state index >= 15 is 0 Å². The van der Waals surface area contributed by atoms with Crippen molar-refractivity contribution >= 4 is 29.0 Å². The van der Waals surface area contributed by atoms with Gasteiger partial charge in [-0.1, -0.05) is 19.1 Å². The van der Waals surface area contributed by atoms with E-state index in [0.717, 1.165) is 12.8 Å². The predicted molar refractivity (Wildman–Crippen MR) is 74.6 cm³/mol. The van der Waals surface area contributed by atoms with Crippen molar-refractivity contribution < 1.29 is 17.6 Å². The third-order valence-electron chi connectivity index (χ3n) is 4.00. The minimum Gasteiger partial charge on any atom is -0.465 e. The topological polar surface area (TPSA) is 44.8 Å². The predicted octanol–water partition coefficient (Wildman–Crippen LogP) is 3.07. The molecule has 2 rings (SSSR count). The quantitative estimate of drug-likeness (QED) is 0.228. The zero-order valence-electron chi connectivity index (χ0n) is 10.5. The summed E-state index contributed by atoms with van der Waals surface area (Å²) in [5, 5.41) is 0. The Kier molecular flexibility index (Phi) is 5.44. The van der Waals surface area contributed by atoms with Crippen LogP contribution in [0.2, 0.25) is 0 Å². The maximum Gasteiger partial charge on any atom is 0.305 e. The minimum atomic E-state index is -0.0888. The molecule has 4 atom stereocenters.